The number of nitrogens with one attached hydrogen (secondary N) is 1. The number of fused-ring (bicyclic) bond motifs is 1. The summed E-state index contributed by atoms with van der Waals surface area (Å²) in [6, 6.07) is 8.97. The van der Waals surface area contributed by atoms with Crippen molar-refractivity contribution in [2.75, 3.05) is 19.7 Å². The first-order valence-electron chi connectivity index (χ1n) is 11.3. The summed E-state index contributed by atoms with van der Waals surface area (Å²) in [5.41, 5.74) is 0.678. The predicted molar refractivity (Wildman–Crippen MR) is 119 cm³/mol. The number of hydrogen-bond donors (Lipinski definition) is 1. The van der Waals surface area contributed by atoms with Crippen molar-refractivity contribution in [1.29, 1.82) is 0 Å². The van der Waals surface area contributed by atoms with Crippen molar-refractivity contribution in [2.24, 2.45) is 5.92 Å². The largest absolute Gasteiger partial charge is 0.378 e. The monoisotopic (exact) mass is 453 g/mol. The Morgan fingerprint density at radius 2 is 1.79 bits per heavy atom. The van der Waals surface area contributed by atoms with Crippen molar-refractivity contribution in [2.45, 2.75) is 38.2 Å². The van der Waals surface area contributed by atoms with Gasteiger partial charge in [0.05, 0.1) is 17.2 Å². The molecule has 1 saturated carbocycles. The molecule has 0 radical (unpaired) electrons. The highest BCUT2D eigenvalue weighted by Gasteiger charge is 2.27. The van der Waals surface area contributed by atoms with Crippen LogP contribution in [0.4, 0.5) is 8.78 Å². The Bertz CT molecular complexity index is 1250. The summed E-state index contributed by atoms with van der Waals surface area (Å²) in [6.45, 7) is 2.13. The van der Waals surface area contributed by atoms with Crippen LogP contribution in [0.15, 0.2) is 41.2 Å². The third-order valence-electron chi connectivity index (χ3n) is 6.45. The summed E-state index contributed by atoms with van der Waals surface area (Å²) in [7, 11) is 0. The molecule has 5 rings (SSSR count). The van der Waals surface area contributed by atoms with Gasteiger partial charge in [0.1, 0.15) is 11.6 Å². The van der Waals surface area contributed by atoms with Gasteiger partial charge >= 0.3 is 0 Å². The molecule has 2 heterocycles. The highest BCUT2D eigenvalue weighted by molar-refractivity contribution is 5.94. The number of amides is 1. The molecular weight excluding hydrogens is 428 g/mol. The molecule has 2 fully saturated rings. The molecule has 33 heavy (non-hydrogen) atoms. The molecule has 3 aromatic rings. The lowest BCUT2D eigenvalue weighted by Gasteiger charge is -2.32. The number of carbonyl (C=O) groups excluding carboxylic acids is 1. The molecule has 1 aromatic heterocycles. The average molecular weight is 453 g/mol. The molecule has 0 spiro atoms. The Kier molecular flexibility index (Phi) is 5.93. The summed E-state index contributed by atoms with van der Waals surface area (Å²) in [6.07, 6.45) is 4.55. The van der Waals surface area contributed by atoms with Crippen LogP contribution in [0.3, 0.4) is 0 Å². The maximum absolute atomic E-state index is 14.5. The smallest absolute Gasteiger partial charge is 0.275 e. The van der Waals surface area contributed by atoms with Crippen molar-refractivity contribution < 1.29 is 18.3 Å². The number of aromatic amines is 1. The van der Waals surface area contributed by atoms with Crippen molar-refractivity contribution >= 4 is 16.7 Å². The molecule has 0 unspecified atom stereocenters. The molecular formula is C25H25F2N3O3. The van der Waals surface area contributed by atoms with Gasteiger partial charge in [0, 0.05) is 37.1 Å². The van der Waals surface area contributed by atoms with E-state index in [2.05, 4.69) is 10.2 Å². The number of piperidine rings is 1. The number of aromatic nitrogens is 2. The highest BCUT2D eigenvalue weighted by atomic mass is 19.1. The van der Waals surface area contributed by atoms with Crippen LogP contribution in [0.25, 0.3) is 10.8 Å². The maximum Gasteiger partial charge on any atom is 0.275 e. The second-order valence-electron chi connectivity index (χ2n) is 8.92. The molecule has 2 aromatic carbocycles. The molecule has 2 aliphatic rings. The summed E-state index contributed by atoms with van der Waals surface area (Å²) in [4.78, 5) is 26.9. The van der Waals surface area contributed by atoms with Gasteiger partial charge in [-0.2, -0.15) is 5.10 Å². The highest BCUT2D eigenvalue weighted by Crippen LogP contribution is 2.30. The topological polar surface area (TPSA) is 75.3 Å². The van der Waals surface area contributed by atoms with E-state index < -0.39 is 17.2 Å². The number of hydrogen-bond acceptors (Lipinski definition) is 4. The van der Waals surface area contributed by atoms with Crippen LogP contribution >= 0.6 is 0 Å². The lowest BCUT2D eigenvalue weighted by Crippen LogP contribution is -2.41. The molecule has 1 saturated heterocycles. The van der Waals surface area contributed by atoms with Gasteiger partial charge in [0.2, 0.25) is 0 Å². The summed E-state index contributed by atoms with van der Waals surface area (Å²) in [5, 5.41) is 5.72. The normalized spacial score (nSPS) is 17.0. The molecule has 1 amide bonds. The van der Waals surface area contributed by atoms with Gasteiger partial charge < -0.3 is 9.64 Å². The zero-order valence-electron chi connectivity index (χ0n) is 18.2. The van der Waals surface area contributed by atoms with E-state index in [1.807, 2.05) is 4.90 Å². The van der Waals surface area contributed by atoms with Crippen LogP contribution in [-0.4, -0.2) is 46.8 Å². The number of carbonyl (C=O) groups is 1. The zero-order chi connectivity index (χ0) is 22.9. The quantitative estimate of drug-likeness (QED) is 0.616. The summed E-state index contributed by atoms with van der Waals surface area (Å²) >= 11 is 0. The SMILES string of the molecule is O=C(c1cccc(Cc2n[nH]c(=O)c3c(F)ccc(F)c23)c1)N1CCC(OCC2CC2)CC1. The van der Waals surface area contributed by atoms with Crippen molar-refractivity contribution in [3.8, 4) is 0 Å². The fourth-order valence-corrected chi connectivity index (χ4v) is 4.39. The minimum atomic E-state index is -0.801. The number of likely N-dealkylation sites (tertiary alicyclic amines) is 1. The van der Waals surface area contributed by atoms with E-state index in [0.717, 1.165) is 37.5 Å². The number of ether oxygens (including phenoxy) is 1. The number of halogens is 2. The molecule has 172 valence electrons. The second-order valence-corrected chi connectivity index (χ2v) is 8.92. The van der Waals surface area contributed by atoms with Crippen molar-refractivity contribution in [3.63, 3.8) is 0 Å². The molecule has 0 atom stereocenters. The van der Waals surface area contributed by atoms with E-state index in [1.165, 1.54) is 12.8 Å². The van der Waals surface area contributed by atoms with Gasteiger partial charge in [0.15, 0.2) is 0 Å². The van der Waals surface area contributed by atoms with Gasteiger partial charge in [-0.15, -0.1) is 0 Å². The van der Waals surface area contributed by atoms with Gasteiger partial charge in [-0.1, -0.05) is 12.1 Å². The Labute approximate surface area is 189 Å². The fourth-order valence-electron chi connectivity index (χ4n) is 4.39. The van der Waals surface area contributed by atoms with E-state index in [1.54, 1.807) is 24.3 Å². The zero-order valence-corrected chi connectivity index (χ0v) is 18.2. The maximum atomic E-state index is 14.5. The Morgan fingerprint density at radius 1 is 1.06 bits per heavy atom. The third-order valence-corrected chi connectivity index (χ3v) is 6.45. The first kappa shape index (κ1) is 21.7. The number of H-pyrrole nitrogens is 1. The minimum absolute atomic E-state index is 0.0611. The predicted octanol–water partition coefficient (Wildman–Crippen LogP) is 3.82. The Balaban J connectivity index is 1.31. The first-order chi connectivity index (χ1) is 16.0. The fraction of sp³-hybridized carbons (Fsp3) is 0.400. The molecule has 1 aliphatic heterocycles. The van der Waals surface area contributed by atoms with Gasteiger partial charge in [-0.05, 0) is 61.4 Å². The lowest BCUT2D eigenvalue weighted by molar-refractivity contribution is 0.00411. The van der Waals surface area contributed by atoms with E-state index in [9.17, 15) is 18.4 Å². The van der Waals surface area contributed by atoms with Crippen LogP contribution < -0.4 is 5.56 Å². The summed E-state index contributed by atoms with van der Waals surface area (Å²) in [5.74, 6) is -0.843. The molecule has 1 aliphatic carbocycles. The molecule has 1 N–H and O–H groups in total. The lowest BCUT2D eigenvalue weighted by atomic mass is 10.0. The minimum Gasteiger partial charge on any atom is -0.378 e. The standard InChI is InChI=1S/C25H25F2N3O3/c26-19-6-7-20(27)23-22(19)21(28-29-24(23)31)13-16-2-1-3-17(12-16)25(32)30-10-8-18(9-11-30)33-14-15-4-5-15/h1-3,6-7,12,15,18H,4-5,8-11,13-14H2,(H,29,31). The molecule has 8 heteroatoms. The number of nitrogens with zero attached hydrogens (tertiary/aromatic N) is 2. The second kappa shape index (κ2) is 9.02. The van der Waals surface area contributed by atoms with E-state index in [0.29, 0.717) is 24.2 Å². The Hall–Kier alpha value is -3.13. The number of benzene rings is 2. The van der Waals surface area contributed by atoms with Crippen LogP contribution in [0.5, 0.6) is 0 Å². The van der Waals surface area contributed by atoms with E-state index in [4.69, 9.17) is 4.74 Å². The van der Waals surface area contributed by atoms with Crippen LogP contribution in [0.2, 0.25) is 0 Å². The number of rotatable bonds is 6. The van der Waals surface area contributed by atoms with E-state index >= 15 is 0 Å². The molecule has 6 nitrogen and oxygen atoms in total. The first-order valence-corrected chi connectivity index (χ1v) is 11.3. The average Bonchev–Trinajstić information content (AvgIpc) is 3.66. The van der Waals surface area contributed by atoms with Gasteiger partial charge in [-0.25, -0.2) is 13.9 Å². The third kappa shape index (κ3) is 4.66. The van der Waals surface area contributed by atoms with Crippen molar-refractivity contribution in [3.05, 3.63) is 75.2 Å². The van der Waals surface area contributed by atoms with E-state index in [-0.39, 0.29) is 34.9 Å². The van der Waals surface area contributed by atoms with Crippen LogP contribution in [0, 0.1) is 17.6 Å². The Morgan fingerprint density at radius 3 is 2.52 bits per heavy atom. The van der Waals surface area contributed by atoms with Crippen LogP contribution in [-0.2, 0) is 11.2 Å². The molecule has 0 bridgehead atoms. The van der Waals surface area contributed by atoms with Crippen molar-refractivity contribution in [1.82, 2.24) is 15.1 Å². The van der Waals surface area contributed by atoms with Gasteiger partial charge in [-0.3, -0.25) is 9.59 Å². The van der Waals surface area contributed by atoms with Crippen LogP contribution in [0.1, 0.15) is 47.3 Å². The summed E-state index contributed by atoms with van der Waals surface area (Å²) < 4.78 is 34.6. The van der Waals surface area contributed by atoms with Gasteiger partial charge in [0.25, 0.3) is 11.5 Å².